The Hall–Kier alpha value is -7.12. The molecular weight excluding hydrogens is 564 g/mol. The number of rotatable bonds is 3. The Labute approximate surface area is 263 Å². The Balaban J connectivity index is 1.55. The lowest BCUT2D eigenvalue weighted by molar-refractivity contribution is 1.15. The normalized spacial score (nSPS) is 11.0. The summed E-state index contributed by atoms with van der Waals surface area (Å²) < 4.78 is 4.03. The van der Waals surface area contributed by atoms with Crippen LogP contribution in [0.5, 0.6) is 0 Å². The maximum Gasteiger partial charge on any atom is 0.212 e. The van der Waals surface area contributed by atoms with Gasteiger partial charge in [0.1, 0.15) is 12.1 Å². The third-order valence-electron chi connectivity index (χ3n) is 8.65. The van der Waals surface area contributed by atoms with E-state index in [1.165, 1.54) is 0 Å². The molecule has 2 heterocycles. The smallest absolute Gasteiger partial charge is 0.212 e. The molecule has 0 aliphatic carbocycles. The Morgan fingerprint density at radius 1 is 0.500 bits per heavy atom. The third-order valence-corrected chi connectivity index (χ3v) is 8.65. The molecule has 0 bridgehead atoms. The van der Waals surface area contributed by atoms with E-state index in [2.05, 4.69) is 35.2 Å². The van der Waals surface area contributed by atoms with E-state index in [9.17, 15) is 15.8 Å². The molecule has 8 aromatic rings. The highest BCUT2D eigenvalue weighted by molar-refractivity contribution is 6.11. The first-order valence-electron chi connectivity index (χ1n) is 14.6. The molecule has 0 aliphatic heterocycles. The molecule has 0 fully saturated rings. The molecule has 6 aromatic carbocycles. The van der Waals surface area contributed by atoms with Crippen molar-refractivity contribution in [1.29, 1.82) is 15.8 Å². The first-order chi connectivity index (χ1) is 22.7. The second-order valence-corrected chi connectivity index (χ2v) is 11.0. The number of benzene rings is 6. The van der Waals surface area contributed by atoms with Gasteiger partial charge in [0.25, 0.3) is 0 Å². The molecule has 210 valence electrons. The molecule has 0 N–H and O–H groups in total. The Bertz CT molecular complexity index is 2640. The Morgan fingerprint density at radius 3 is 1.41 bits per heavy atom. The van der Waals surface area contributed by atoms with E-state index < -0.39 is 0 Å². The minimum absolute atomic E-state index is 0.276. The summed E-state index contributed by atoms with van der Waals surface area (Å²) in [5.74, 6) is 0. The zero-order valence-corrected chi connectivity index (χ0v) is 24.2. The number of nitriles is 3. The highest BCUT2D eigenvalue weighted by Gasteiger charge is 2.25. The first kappa shape index (κ1) is 26.5. The second kappa shape index (κ2) is 10.3. The minimum atomic E-state index is 0.276. The predicted octanol–water partition coefficient (Wildman–Crippen LogP) is 9.71. The lowest BCUT2D eigenvalue weighted by Crippen LogP contribution is -2.05. The van der Waals surface area contributed by atoms with Crippen LogP contribution in [0.15, 0.2) is 121 Å². The largest absolute Gasteiger partial charge is 0.318 e. The fourth-order valence-corrected chi connectivity index (χ4v) is 6.79. The molecule has 0 amide bonds. The van der Waals surface area contributed by atoms with Crippen molar-refractivity contribution in [2.75, 3.05) is 0 Å². The summed E-state index contributed by atoms with van der Waals surface area (Å²) in [6.07, 6.45) is 0. The maximum atomic E-state index is 10.9. The van der Waals surface area contributed by atoms with Crippen molar-refractivity contribution in [1.82, 2.24) is 9.13 Å². The van der Waals surface area contributed by atoms with Crippen LogP contribution < -0.4 is 0 Å². The molecule has 0 atom stereocenters. The van der Waals surface area contributed by atoms with E-state index in [4.69, 9.17) is 6.57 Å². The fraction of sp³-hybridized carbons (Fsp3) is 0. The second-order valence-electron chi connectivity index (χ2n) is 11.0. The fourth-order valence-electron chi connectivity index (χ4n) is 6.79. The van der Waals surface area contributed by atoms with Gasteiger partial charge in [-0.05, 0) is 48.0 Å². The van der Waals surface area contributed by atoms with Crippen LogP contribution >= 0.6 is 0 Å². The van der Waals surface area contributed by atoms with E-state index in [1.54, 1.807) is 24.3 Å². The summed E-state index contributed by atoms with van der Waals surface area (Å²) in [5.41, 5.74) is 6.84. The summed E-state index contributed by atoms with van der Waals surface area (Å²) in [5, 5.41) is 35.5. The van der Waals surface area contributed by atoms with Crippen molar-refractivity contribution in [3.63, 3.8) is 0 Å². The van der Waals surface area contributed by atoms with Crippen LogP contribution in [0.1, 0.15) is 16.7 Å². The van der Waals surface area contributed by atoms with Crippen molar-refractivity contribution in [3.8, 4) is 40.7 Å². The van der Waals surface area contributed by atoms with Crippen LogP contribution in [0, 0.1) is 40.6 Å². The van der Waals surface area contributed by atoms with Gasteiger partial charge in [-0.15, -0.1) is 0 Å². The molecule has 0 saturated heterocycles. The van der Waals surface area contributed by atoms with Gasteiger partial charge in [-0.2, -0.15) is 15.8 Å². The summed E-state index contributed by atoms with van der Waals surface area (Å²) in [7, 11) is 0. The molecule has 2 aromatic heterocycles. The number of hydrogen-bond acceptors (Lipinski definition) is 3. The van der Waals surface area contributed by atoms with Crippen LogP contribution in [0.25, 0.3) is 71.0 Å². The van der Waals surface area contributed by atoms with Crippen LogP contribution in [0.4, 0.5) is 5.69 Å². The molecule has 6 heteroatoms. The molecule has 46 heavy (non-hydrogen) atoms. The van der Waals surface area contributed by atoms with Gasteiger partial charge in [-0.1, -0.05) is 78.9 Å². The summed E-state index contributed by atoms with van der Waals surface area (Å²) >= 11 is 0. The summed E-state index contributed by atoms with van der Waals surface area (Å²) in [4.78, 5) is 3.92. The molecule has 8 rings (SSSR count). The SMILES string of the molecule is [C-]#[N+]c1cc(C#N)cc(-c2ccc(C#N)c(-n3c4ccccc4c4ccccc43)c2C#N)c1-n1c2ccccc2c2ccccc21. The average molecular weight is 585 g/mol. The van der Waals surface area contributed by atoms with Crippen LogP contribution in [-0.4, -0.2) is 9.13 Å². The van der Waals surface area contributed by atoms with Gasteiger partial charge in [-0.3, -0.25) is 0 Å². The third kappa shape index (κ3) is 3.66. The predicted molar refractivity (Wildman–Crippen MR) is 181 cm³/mol. The van der Waals surface area contributed by atoms with Crippen molar-refractivity contribution < 1.29 is 0 Å². The van der Waals surface area contributed by atoms with Gasteiger partial charge in [0.15, 0.2) is 0 Å². The van der Waals surface area contributed by atoms with Crippen LogP contribution in [0.3, 0.4) is 0 Å². The van der Waals surface area contributed by atoms with Crippen LogP contribution in [0.2, 0.25) is 0 Å². The standard InChI is InChI=1S/C40H20N6/c1-44-34-21-25(22-41)20-32(40(34)46-37-16-8-4-12-30(37)31-13-5-9-17-38(31)46)27-19-18-26(23-42)39(33(27)24-43)45-35-14-6-2-10-28(35)29-11-3-7-15-36(29)45/h2-21H. The van der Waals surface area contributed by atoms with Crippen molar-refractivity contribution in [3.05, 3.63) is 149 Å². The van der Waals surface area contributed by atoms with Gasteiger partial charge in [-0.25, -0.2) is 4.85 Å². The lowest BCUT2D eigenvalue weighted by Gasteiger charge is -2.20. The molecule has 0 saturated carbocycles. The molecule has 0 unspecified atom stereocenters. The molecule has 0 spiro atoms. The topological polar surface area (TPSA) is 85.6 Å². The molecule has 0 aliphatic rings. The molecule has 6 nitrogen and oxygen atoms in total. The first-order valence-corrected chi connectivity index (χ1v) is 14.6. The Kier molecular flexibility index (Phi) is 5.91. The quantitative estimate of drug-likeness (QED) is 0.194. The monoisotopic (exact) mass is 584 g/mol. The van der Waals surface area contributed by atoms with Gasteiger partial charge in [0.2, 0.25) is 5.69 Å². The van der Waals surface area contributed by atoms with E-state index in [0.717, 1.165) is 43.6 Å². The maximum absolute atomic E-state index is 10.9. The van der Waals surface area contributed by atoms with E-state index in [1.807, 2.05) is 94.1 Å². The lowest BCUT2D eigenvalue weighted by atomic mass is 9.92. The Morgan fingerprint density at radius 2 is 0.978 bits per heavy atom. The van der Waals surface area contributed by atoms with Gasteiger partial charge in [0.05, 0.1) is 57.2 Å². The average Bonchev–Trinajstić information content (AvgIpc) is 3.63. The van der Waals surface area contributed by atoms with E-state index in [0.29, 0.717) is 33.6 Å². The van der Waals surface area contributed by atoms with Crippen LogP contribution in [-0.2, 0) is 0 Å². The molecule has 0 radical (unpaired) electrons. The molecular formula is C40H20N6. The van der Waals surface area contributed by atoms with Gasteiger partial charge in [0, 0.05) is 32.7 Å². The zero-order chi connectivity index (χ0) is 31.4. The number of fused-ring (bicyclic) bond motifs is 6. The number of aromatic nitrogens is 2. The number of hydrogen-bond donors (Lipinski definition) is 0. The van der Waals surface area contributed by atoms with Gasteiger partial charge < -0.3 is 9.13 Å². The van der Waals surface area contributed by atoms with Gasteiger partial charge >= 0.3 is 0 Å². The highest BCUT2D eigenvalue weighted by Crippen LogP contribution is 2.44. The number of para-hydroxylation sites is 4. The number of nitrogens with zero attached hydrogens (tertiary/aromatic N) is 6. The van der Waals surface area contributed by atoms with Crippen molar-refractivity contribution in [2.24, 2.45) is 0 Å². The highest BCUT2D eigenvalue weighted by atomic mass is 15.0. The van der Waals surface area contributed by atoms with E-state index in [-0.39, 0.29) is 11.3 Å². The van der Waals surface area contributed by atoms with E-state index >= 15 is 0 Å². The van der Waals surface area contributed by atoms with Crippen molar-refractivity contribution in [2.45, 2.75) is 0 Å². The van der Waals surface area contributed by atoms with Crippen molar-refractivity contribution >= 4 is 49.3 Å². The minimum Gasteiger partial charge on any atom is -0.318 e. The summed E-state index contributed by atoms with van der Waals surface area (Å²) in [6.45, 7) is 8.22. The summed E-state index contributed by atoms with van der Waals surface area (Å²) in [6, 6.07) is 45.7. The zero-order valence-electron chi connectivity index (χ0n) is 24.2.